The van der Waals surface area contributed by atoms with Crippen molar-refractivity contribution < 1.29 is 9.53 Å². The minimum atomic E-state index is -0.316. The minimum Gasteiger partial charge on any atom is -0.461 e. The van der Waals surface area contributed by atoms with E-state index < -0.39 is 0 Å². The highest BCUT2D eigenvalue weighted by Crippen LogP contribution is 2.23. The van der Waals surface area contributed by atoms with Gasteiger partial charge >= 0.3 is 5.97 Å². The standard InChI is InChI=1S/C15H24N2O2S/c1-3-19-15(18)13-10-20-14(17-13)8-9-16-12-7-5-4-6-11(12)2/h10-12,16H,3-9H2,1-2H3. The van der Waals surface area contributed by atoms with Crippen LogP contribution in [0.15, 0.2) is 5.38 Å². The van der Waals surface area contributed by atoms with Gasteiger partial charge in [-0.15, -0.1) is 11.3 Å². The van der Waals surface area contributed by atoms with E-state index in [9.17, 15) is 4.79 Å². The van der Waals surface area contributed by atoms with Gasteiger partial charge in [0, 0.05) is 24.4 Å². The summed E-state index contributed by atoms with van der Waals surface area (Å²) in [5, 5.41) is 6.43. The highest BCUT2D eigenvalue weighted by atomic mass is 32.1. The lowest BCUT2D eigenvalue weighted by atomic mass is 9.86. The summed E-state index contributed by atoms with van der Waals surface area (Å²) in [6, 6.07) is 0.647. The van der Waals surface area contributed by atoms with E-state index in [-0.39, 0.29) is 5.97 Å². The summed E-state index contributed by atoms with van der Waals surface area (Å²) in [5.41, 5.74) is 0.442. The second kappa shape index (κ2) is 7.74. The van der Waals surface area contributed by atoms with Crippen molar-refractivity contribution in [1.29, 1.82) is 0 Å². The lowest BCUT2D eigenvalue weighted by molar-refractivity contribution is 0.0520. The van der Waals surface area contributed by atoms with Gasteiger partial charge in [-0.2, -0.15) is 0 Å². The molecule has 0 bridgehead atoms. The van der Waals surface area contributed by atoms with E-state index in [4.69, 9.17) is 4.74 Å². The minimum absolute atomic E-state index is 0.316. The predicted molar refractivity (Wildman–Crippen MR) is 81.2 cm³/mol. The van der Waals surface area contributed by atoms with E-state index in [1.54, 1.807) is 12.3 Å². The molecule has 1 aliphatic rings. The Labute approximate surface area is 124 Å². The molecule has 1 fully saturated rings. The molecule has 4 nitrogen and oxygen atoms in total. The Morgan fingerprint density at radius 1 is 1.50 bits per heavy atom. The van der Waals surface area contributed by atoms with E-state index >= 15 is 0 Å². The molecule has 1 aromatic heterocycles. The highest BCUT2D eigenvalue weighted by Gasteiger charge is 2.20. The third-order valence-corrected chi connectivity index (χ3v) is 4.80. The Hall–Kier alpha value is -0.940. The fourth-order valence-electron chi connectivity index (χ4n) is 2.71. The topological polar surface area (TPSA) is 51.2 Å². The number of aromatic nitrogens is 1. The number of thiazole rings is 1. The Morgan fingerprint density at radius 2 is 2.30 bits per heavy atom. The molecule has 20 heavy (non-hydrogen) atoms. The van der Waals surface area contributed by atoms with Gasteiger partial charge < -0.3 is 10.1 Å². The molecule has 0 spiro atoms. The Bertz CT molecular complexity index is 433. The van der Waals surface area contributed by atoms with Crippen LogP contribution in [0.3, 0.4) is 0 Å². The Morgan fingerprint density at radius 3 is 3.05 bits per heavy atom. The lowest BCUT2D eigenvalue weighted by Gasteiger charge is -2.29. The maximum Gasteiger partial charge on any atom is 0.357 e. The first-order valence-corrected chi connectivity index (χ1v) is 8.43. The number of hydrogen-bond donors (Lipinski definition) is 1. The molecular weight excluding hydrogens is 272 g/mol. The molecular formula is C15H24N2O2S. The highest BCUT2D eigenvalue weighted by molar-refractivity contribution is 7.09. The molecule has 2 atom stereocenters. The Balaban J connectivity index is 1.75. The monoisotopic (exact) mass is 296 g/mol. The fourth-order valence-corrected chi connectivity index (χ4v) is 3.48. The number of nitrogens with zero attached hydrogens (tertiary/aromatic N) is 1. The quantitative estimate of drug-likeness (QED) is 0.820. The van der Waals surface area contributed by atoms with Crippen molar-refractivity contribution in [3.63, 3.8) is 0 Å². The van der Waals surface area contributed by atoms with E-state index in [0.717, 1.165) is 23.9 Å². The number of esters is 1. The van der Waals surface area contributed by atoms with Crippen LogP contribution in [-0.2, 0) is 11.2 Å². The van der Waals surface area contributed by atoms with Gasteiger partial charge in [-0.3, -0.25) is 0 Å². The molecule has 0 aliphatic heterocycles. The predicted octanol–water partition coefficient (Wildman–Crippen LogP) is 3.03. The van der Waals surface area contributed by atoms with Crippen LogP contribution in [-0.4, -0.2) is 30.1 Å². The summed E-state index contributed by atoms with van der Waals surface area (Å²) in [6.07, 6.45) is 6.21. The molecule has 1 heterocycles. The normalized spacial score (nSPS) is 22.7. The van der Waals surface area contributed by atoms with Crippen molar-refractivity contribution in [2.24, 2.45) is 5.92 Å². The number of ether oxygens (including phenoxy) is 1. The lowest BCUT2D eigenvalue weighted by Crippen LogP contribution is -2.38. The molecule has 2 rings (SSSR count). The zero-order valence-electron chi connectivity index (χ0n) is 12.4. The van der Waals surface area contributed by atoms with Crippen LogP contribution in [0.5, 0.6) is 0 Å². The summed E-state index contributed by atoms with van der Waals surface area (Å²) >= 11 is 1.54. The third-order valence-electron chi connectivity index (χ3n) is 3.89. The summed E-state index contributed by atoms with van der Waals surface area (Å²) in [5.74, 6) is 0.457. The van der Waals surface area contributed by atoms with Crippen molar-refractivity contribution >= 4 is 17.3 Å². The second-order valence-corrected chi connectivity index (χ2v) is 6.36. The van der Waals surface area contributed by atoms with Gasteiger partial charge in [0.25, 0.3) is 0 Å². The SMILES string of the molecule is CCOC(=O)c1csc(CCNC2CCCCC2C)n1. The van der Waals surface area contributed by atoms with Crippen LogP contribution in [0.2, 0.25) is 0 Å². The van der Waals surface area contributed by atoms with Gasteiger partial charge in [-0.05, 0) is 25.7 Å². The van der Waals surface area contributed by atoms with Crippen molar-refractivity contribution in [2.75, 3.05) is 13.2 Å². The van der Waals surface area contributed by atoms with Crippen LogP contribution in [0, 0.1) is 5.92 Å². The maximum atomic E-state index is 11.5. The zero-order chi connectivity index (χ0) is 14.4. The smallest absolute Gasteiger partial charge is 0.357 e. The van der Waals surface area contributed by atoms with Crippen molar-refractivity contribution in [3.8, 4) is 0 Å². The van der Waals surface area contributed by atoms with E-state index in [0.29, 0.717) is 18.3 Å². The maximum absolute atomic E-state index is 11.5. The van der Waals surface area contributed by atoms with E-state index in [1.807, 2.05) is 0 Å². The number of carbonyl (C=O) groups excluding carboxylic acids is 1. The second-order valence-electron chi connectivity index (χ2n) is 5.42. The van der Waals surface area contributed by atoms with Crippen molar-refractivity contribution in [2.45, 2.75) is 52.0 Å². The molecule has 0 radical (unpaired) electrons. The molecule has 0 aromatic carbocycles. The van der Waals surface area contributed by atoms with Crippen molar-refractivity contribution in [1.82, 2.24) is 10.3 Å². The van der Waals surface area contributed by atoms with Gasteiger partial charge in [0.05, 0.1) is 11.6 Å². The van der Waals surface area contributed by atoms with E-state index in [2.05, 4.69) is 17.2 Å². The first-order valence-electron chi connectivity index (χ1n) is 7.55. The molecule has 5 heteroatoms. The molecule has 1 saturated carbocycles. The summed E-state index contributed by atoms with van der Waals surface area (Å²) in [7, 11) is 0. The first-order chi connectivity index (χ1) is 9.70. The summed E-state index contributed by atoms with van der Waals surface area (Å²) < 4.78 is 4.94. The molecule has 0 saturated heterocycles. The molecule has 1 N–H and O–H groups in total. The van der Waals surface area contributed by atoms with Crippen LogP contribution in [0.4, 0.5) is 0 Å². The molecule has 1 aromatic rings. The van der Waals surface area contributed by atoms with Gasteiger partial charge in [0.15, 0.2) is 5.69 Å². The third kappa shape index (κ3) is 4.28. The molecule has 1 aliphatic carbocycles. The average Bonchev–Trinajstić information content (AvgIpc) is 2.90. The van der Waals surface area contributed by atoms with Crippen LogP contribution in [0.25, 0.3) is 0 Å². The van der Waals surface area contributed by atoms with Crippen LogP contribution >= 0.6 is 11.3 Å². The van der Waals surface area contributed by atoms with Crippen molar-refractivity contribution in [3.05, 3.63) is 16.1 Å². The largest absolute Gasteiger partial charge is 0.461 e. The Kier molecular flexibility index (Phi) is 5.98. The number of nitrogens with one attached hydrogen (secondary N) is 1. The van der Waals surface area contributed by atoms with Crippen LogP contribution < -0.4 is 5.32 Å². The summed E-state index contributed by atoms with van der Waals surface area (Å²) in [6.45, 7) is 5.47. The fraction of sp³-hybridized carbons (Fsp3) is 0.733. The molecule has 112 valence electrons. The molecule has 0 amide bonds. The van der Waals surface area contributed by atoms with Crippen LogP contribution in [0.1, 0.15) is 55.0 Å². The average molecular weight is 296 g/mol. The summed E-state index contributed by atoms with van der Waals surface area (Å²) in [4.78, 5) is 15.9. The van der Waals surface area contributed by atoms with Gasteiger partial charge in [-0.1, -0.05) is 19.8 Å². The zero-order valence-corrected chi connectivity index (χ0v) is 13.2. The van der Waals surface area contributed by atoms with E-state index in [1.165, 1.54) is 37.0 Å². The number of carbonyl (C=O) groups is 1. The van der Waals surface area contributed by atoms with Gasteiger partial charge in [0.1, 0.15) is 0 Å². The van der Waals surface area contributed by atoms with Gasteiger partial charge in [0.2, 0.25) is 0 Å². The number of hydrogen-bond acceptors (Lipinski definition) is 5. The molecule has 2 unspecified atom stereocenters. The van der Waals surface area contributed by atoms with Gasteiger partial charge in [-0.25, -0.2) is 9.78 Å². The number of rotatable bonds is 6. The first kappa shape index (κ1) is 15.4.